The Hall–Kier alpha value is -2.18. The standard InChI is InChI=1S/C19H24N4OS/c1-22(2)11-12-23-17(24)10-4-7-14-6-3-8-15(18(14)23)21-19(20)16-9-5-13-25-16/h3,5-6,8-9,13H,4,7,10-12H2,1-2H3,(H2,20,21)/p+1. The van der Waals surface area contributed by atoms with Gasteiger partial charge in [-0.3, -0.25) is 10.5 Å². The molecule has 2 aromatic rings. The normalized spacial score (nSPS) is 15.4. The van der Waals surface area contributed by atoms with Gasteiger partial charge in [0.1, 0.15) is 10.6 Å². The molecule has 0 fully saturated rings. The number of anilines is 1. The first kappa shape index (κ1) is 17.6. The van der Waals surface area contributed by atoms with Crippen LogP contribution in [0, 0.1) is 0 Å². The van der Waals surface area contributed by atoms with Crippen molar-refractivity contribution in [2.45, 2.75) is 19.3 Å². The number of rotatable bonds is 5. The number of aryl methyl sites for hydroxylation is 1. The molecule has 1 aromatic carbocycles. The number of hydrogen-bond acceptors (Lipinski definition) is 3. The first-order chi connectivity index (χ1) is 12.1. The molecule has 1 aromatic heterocycles. The van der Waals surface area contributed by atoms with Crippen molar-refractivity contribution in [3.63, 3.8) is 0 Å². The summed E-state index contributed by atoms with van der Waals surface area (Å²) in [5.74, 6) is 0.803. The number of carbonyl (C=O) groups excluding carboxylic acids is 1. The van der Waals surface area contributed by atoms with E-state index in [1.807, 2.05) is 48.6 Å². The molecular formula is C19H25N4OS+. The van der Waals surface area contributed by atoms with E-state index < -0.39 is 0 Å². The summed E-state index contributed by atoms with van der Waals surface area (Å²) in [4.78, 5) is 21.1. The highest BCUT2D eigenvalue weighted by molar-refractivity contribution is 7.12. The van der Waals surface area contributed by atoms with E-state index in [1.54, 1.807) is 11.3 Å². The molecule has 0 unspecified atom stereocenters. The second-order valence-electron chi connectivity index (χ2n) is 6.53. The van der Waals surface area contributed by atoms with E-state index in [-0.39, 0.29) is 5.91 Å². The number of fused-ring (bicyclic) bond motifs is 1. The van der Waals surface area contributed by atoms with E-state index in [2.05, 4.69) is 16.0 Å². The van der Waals surface area contributed by atoms with Crippen molar-refractivity contribution in [1.82, 2.24) is 4.90 Å². The molecular weight excluding hydrogens is 332 g/mol. The second-order valence-corrected chi connectivity index (χ2v) is 7.48. The Balaban J connectivity index is 2.03. The summed E-state index contributed by atoms with van der Waals surface area (Å²) < 4.78 is 0. The molecule has 2 heterocycles. The van der Waals surface area contributed by atoms with Gasteiger partial charge in [0, 0.05) is 19.5 Å². The van der Waals surface area contributed by atoms with Crippen molar-refractivity contribution < 1.29 is 9.79 Å². The molecule has 132 valence electrons. The molecule has 0 saturated heterocycles. The molecule has 0 saturated carbocycles. The zero-order valence-electron chi connectivity index (χ0n) is 14.8. The van der Waals surface area contributed by atoms with E-state index in [4.69, 9.17) is 5.73 Å². The Bertz CT molecular complexity index is 768. The third-order valence-corrected chi connectivity index (χ3v) is 5.26. The van der Waals surface area contributed by atoms with Gasteiger partial charge in [0.15, 0.2) is 0 Å². The molecule has 3 N–H and O–H groups in total. The number of nitrogen functional groups attached to an aromatic ring is 1. The van der Waals surface area contributed by atoms with Crippen LogP contribution < -0.4 is 15.6 Å². The number of hydrogen-bond donors (Lipinski definition) is 2. The van der Waals surface area contributed by atoms with Gasteiger partial charge in [-0.25, -0.2) is 4.99 Å². The SMILES string of the molecule is CN(C)CCN1C(=O)CCCc2cccc([NH+]=C(N)c3cccs3)c21. The highest BCUT2D eigenvalue weighted by Crippen LogP contribution is 2.31. The Morgan fingerprint density at radius 2 is 2.12 bits per heavy atom. The lowest BCUT2D eigenvalue weighted by Crippen LogP contribution is -2.70. The fraction of sp³-hybridized carbons (Fsp3) is 0.368. The summed E-state index contributed by atoms with van der Waals surface area (Å²) in [6.07, 6.45) is 2.39. The van der Waals surface area contributed by atoms with Crippen molar-refractivity contribution in [2.24, 2.45) is 5.73 Å². The number of para-hydroxylation sites is 1. The Morgan fingerprint density at radius 3 is 2.84 bits per heavy atom. The van der Waals surface area contributed by atoms with E-state index in [1.165, 1.54) is 5.56 Å². The van der Waals surface area contributed by atoms with Gasteiger partial charge in [-0.2, -0.15) is 0 Å². The zero-order valence-corrected chi connectivity index (χ0v) is 15.6. The largest absolute Gasteiger partial charge is 0.308 e. The first-order valence-corrected chi connectivity index (χ1v) is 9.44. The topological polar surface area (TPSA) is 63.5 Å². The molecule has 6 heteroatoms. The van der Waals surface area contributed by atoms with Crippen LogP contribution >= 0.6 is 11.3 Å². The minimum Gasteiger partial charge on any atom is -0.308 e. The number of amidine groups is 1. The maximum absolute atomic E-state index is 12.7. The maximum atomic E-state index is 12.7. The lowest BCUT2D eigenvalue weighted by molar-refractivity contribution is -0.353. The number of carbonyl (C=O) groups is 1. The summed E-state index contributed by atoms with van der Waals surface area (Å²) in [5.41, 5.74) is 9.33. The van der Waals surface area contributed by atoms with E-state index in [0.29, 0.717) is 18.8 Å². The highest BCUT2D eigenvalue weighted by Gasteiger charge is 2.26. The van der Waals surface area contributed by atoms with Crippen LogP contribution in [0.4, 0.5) is 11.4 Å². The van der Waals surface area contributed by atoms with Gasteiger partial charge in [0.2, 0.25) is 5.91 Å². The van der Waals surface area contributed by atoms with Crippen LogP contribution in [0.25, 0.3) is 0 Å². The number of amides is 1. The quantitative estimate of drug-likeness (QED) is 0.622. The van der Waals surface area contributed by atoms with Gasteiger partial charge in [-0.05, 0) is 50.0 Å². The van der Waals surface area contributed by atoms with Gasteiger partial charge < -0.3 is 9.80 Å². The number of likely N-dealkylation sites (N-methyl/N-ethyl adjacent to an activating group) is 1. The molecule has 3 rings (SSSR count). The van der Waals surface area contributed by atoms with Crippen LogP contribution in [-0.4, -0.2) is 43.8 Å². The van der Waals surface area contributed by atoms with E-state index in [9.17, 15) is 4.79 Å². The van der Waals surface area contributed by atoms with E-state index in [0.717, 1.165) is 35.6 Å². The van der Waals surface area contributed by atoms with Gasteiger partial charge >= 0.3 is 0 Å². The lowest BCUT2D eigenvalue weighted by Gasteiger charge is -2.25. The summed E-state index contributed by atoms with van der Waals surface area (Å²) in [5, 5.41) is 2.00. The third-order valence-electron chi connectivity index (χ3n) is 4.35. The number of nitrogens with two attached hydrogens (primary N) is 1. The molecule has 0 bridgehead atoms. The minimum absolute atomic E-state index is 0.185. The molecule has 0 spiro atoms. The number of benzene rings is 1. The van der Waals surface area contributed by atoms with Crippen molar-refractivity contribution >= 4 is 34.5 Å². The summed E-state index contributed by atoms with van der Waals surface area (Å²) >= 11 is 1.60. The smallest absolute Gasteiger partial charge is 0.288 e. The van der Waals surface area contributed by atoms with Crippen molar-refractivity contribution in [3.05, 3.63) is 46.2 Å². The van der Waals surface area contributed by atoms with Crippen LogP contribution in [0.3, 0.4) is 0 Å². The van der Waals surface area contributed by atoms with Crippen molar-refractivity contribution in [3.8, 4) is 0 Å². The van der Waals surface area contributed by atoms with Crippen LogP contribution in [-0.2, 0) is 11.2 Å². The molecule has 0 atom stereocenters. The Kier molecular flexibility index (Phi) is 5.50. The van der Waals surface area contributed by atoms with Crippen LogP contribution in [0.5, 0.6) is 0 Å². The summed E-state index contributed by atoms with van der Waals surface area (Å²) in [7, 11) is 4.05. The molecule has 0 aliphatic carbocycles. The Labute approximate surface area is 152 Å². The Morgan fingerprint density at radius 1 is 1.28 bits per heavy atom. The first-order valence-electron chi connectivity index (χ1n) is 8.56. The predicted octanol–water partition coefficient (Wildman–Crippen LogP) is 1.10. The van der Waals surface area contributed by atoms with Gasteiger partial charge in [-0.15, -0.1) is 11.3 Å². The van der Waals surface area contributed by atoms with Gasteiger partial charge in [0.25, 0.3) is 5.84 Å². The molecule has 1 aliphatic heterocycles. The summed E-state index contributed by atoms with van der Waals surface area (Å²) in [6.45, 7) is 1.50. The fourth-order valence-corrected chi connectivity index (χ4v) is 3.72. The highest BCUT2D eigenvalue weighted by atomic mass is 32.1. The fourth-order valence-electron chi connectivity index (χ4n) is 3.08. The van der Waals surface area contributed by atoms with Crippen molar-refractivity contribution in [2.75, 3.05) is 32.1 Å². The van der Waals surface area contributed by atoms with E-state index >= 15 is 0 Å². The van der Waals surface area contributed by atoms with Gasteiger partial charge in [0.05, 0.1) is 5.69 Å². The number of nitrogens with one attached hydrogen (secondary N) is 1. The number of nitrogens with zero attached hydrogens (tertiary/aromatic N) is 2. The maximum Gasteiger partial charge on any atom is 0.288 e. The lowest BCUT2D eigenvalue weighted by atomic mass is 10.1. The van der Waals surface area contributed by atoms with Crippen LogP contribution in [0.2, 0.25) is 0 Å². The average molecular weight is 358 g/mol. The zero-order chi connectivity index (χ0) is 17.8. The summed E-state index contributed by atoms with van der Waals surface area (Å²) in [6, 6.07) is 10.1. The average Bonchev–Trinajstić information content (AvgIpc) is 3.06. The van der Waals surface area contributed by atoms with Crippen LogP contribution in [0.1, 0.15) is 23.3 Å². The molecule has 0 radical (unpaired) electrons. The van der Waals surface area contributed by atoms with Gasteiger partial charge in [-0.1, -0.05) is 18.2 Å². The molecule has 1 amide bonds. The molecule has 25 heavy (non-hydrogen) atoms. The molecule has 1 aliphatic rings. The van der Waals surface area contributed by atoms with Crippen molar-refractivity contribution in [1.29, 1.82) is 0 Å². The monoisotopic (exact) mass is 357 g/mol. The molecule has 5 nitrogen and oxygen atoms in total. The predicted molar refractivity (Wildman–Crippen MR) is 104 cm³/mol. The third kappa shape index (κ3) is 4.08. The second kappa shape index (κ2) is 7.80. The van der Waals surface area contributed by atoms with Crippen LogP contribution in [0.15, 0.2) is 35.7 Å². The minimum atomic E-state index is 0.185. The number of thiophene rings is 1.